The van der Waals surface area contributed by atoms with Crippen molar-refractivity contribution in [1.82, 2.24) is 15.0 Å². The third-order valence-electron chi connectivity index (χ3n) is 3.48. The molecule has 22 heavy (non-hydrogen) atoms. The Hall–Kier alpha value is -3.01. The SMILES string of the molecule is C=Cc1ccc(-c2nc(N)nc(C)c2-c2cccnc2)cc1. The molecule has 0 fully saturated rings. The van der Waals surface area contributed by atoms with Crippen molar-refractivity contribution in [2.45, 2.75) is 6.92 Å². The molecule has 2 heterocycles. The predicted molar refractivity (Wildman–Crippen MR) is 89.9 cm³/mol. The molecule has 0 amide bonds. The average molecular weight is 288 g/mol. The van der Waals surface area contributed by atoms with Gasteiger partial charge in [-0.2, -0.15) is 0 Å². The fourth-order valence-corrected chi connectivity index (χ4v) is 2.44. The fraction of sp³-hybridized carbons (Fsp3) is 0.0556. The molecule has 0 saturated carbocycles. The number of anilines is 1. The van der Waals surface area contributed by atoms with Gasteiger partial charge in [0, 0.05) is 29.1 Å². The Balaban J connectivity index is 2.23. The van der Waals surface area contributed by atoms with E-state index in [0.29, 0.717) is 0 Å². The minimum atomic E-state index is 0.271. The molecule has 1 aromatic carbocycles. The molecular formula is C18H16N4. The van der Waals surface area contributed by atoms with Gasteiger partial charge in [0.15, 0.2) is 0 Å². The Morgan fingerprint density at radius 2 is 1.82 bits per heavy atom. The van der Waals surface area contributed by atoms with E-state index in [1.165, 1.54) is 0 Å². The summed E-state index contributed by atoms with van der Waals surface area (Å²) in [4.78, 5) is 12.9. The van der Waals surface area contributed by atoms with Crippen molar-refractivity contribution >= 4 is 12.0 Å². The van der Waals surface area contributed by atoms with Crippen LogP contribution in [-0.2, 0) is 0 Å². The second-order valence-corrected chi connectivity index (χ2v) is 4.96. The van der Waals surface area contributed by atoms with Crippen molar-refractivity contribution in [1.29, 1.82) is 0 Å². The zero-order valence-corrected chi connectivity index (χ0v) is 12.3. The lowest BCUT2D eigenvalue weighted by Gasteiger charge is -2.12. The first kappa shape index (κ1) is 13.9. The van der Waals surface area contributed by atoms with E-state index in [1.807, 2.05) is 55.6 Å². The number of hydrogen-bond donors (Lipinski definition) is 1. The third-order valence-corrected chi connectivity index (χ3v) is 3.48. The van der Waals surface area contributed by atoms with Gasteiger partial charge in [0.25, 0.3) is 0 Å². The number of aryl methyl sites for hydroxylation is 1. The molecule has 108 valence electrons. The van der Waals surface area contributed by atoms with Crippen LogP contribution >= 0.6 is 0 Å². The molecule has 0 aliphatic heterocycles. The minimum absolute atomic E-state index is 0.271. The molecule has 2 N–H and O–H groups in total. The van der Waals surface area contributed by atoms with E-state index >= 15 is 0 Å². The van der Waals surface area contributed by atoms with E-state index in [2.05, 4.69) is 21.5 Å². The largest absolute Gasteiger partial charge is 0.368 e. The number of pyridine rings is 1. The third kappa shape index (κ3) is 2.59. The second-order valence-electron chi connectivity index (χ2n) is 4.96. The summed E-state index contributed by atoms with van der Waals surface area (Å²) >= 11 is 0. The van der Waals surface area contributed by atoms with Crippen LogP contribution in [0.1, 0.15) is 11.3 Å². The van der Waals surface area contributed by atoms with Gasteiger partial charge in [0.1, 0.15) is 0 Å². The molecule has 2 aromatic heterocycles. The predicted octanol–water partition coefficient (Wildman–Crippen LogP) is 3.74. The highest BCUT2D eigenvalue weighted by molar-refractivity contribution is 5.82. The highest BCUT2D eigenvalue weighted by atomic mass is 15.0. The van der Waals surface area contributed by atoms with Gasteiger partial charge in [0.2, 0.25) is 5.95 Å². The molecule has 4 nitrogen and oxygen atoms in total. The topological polar surface area (TPSA) is 64.7 Å². The number of nitrogen functional groups attached to an aromatic ring is 1. The van der Waals surface area contributed by atoms with Crippen molar-refractivity contribution in [2.24, 2.45) is 0 Å². The number of aromatic nitrogens is 3. The molecule has 0 radical (unpaired) electrons. The van der Waals surface area contributed by atoms with E-state index in [4.69, 9.17) is 5.73 Å². The second kappa shape index (κ2) is 5.77. The Labute approximate surface area is 129 Å². The monoisotopic (exact) mass is 288 g/mol. The maximum atomic E-state index is 5.85. The lowest BCUT2D eigenvalue weighted by molar-refractivity contribution is 1.12. The molecular weight excluding hydrogens is 272 g/mol. The summed E-state index contributed by atoms with van der Waals surface area (Å²) in [5, 5.41) is 0. The van der Waals surface area contributed by atoms with E-state index in [1.54, 1.807) is 6.20 Å². The zero-order chi connectivity index (χ0) is 15.5. The molecule has 0 unspecified atom stereocenters. The number of nitrogens with zero attached hydrogens (tertiary/aromatic N) is 3. The van der Waals surface area contributed by atoms with Gasteiger partial charge in [-0.1, -0.05) is 43.0 Å². The van der Waals surface area contributed by atoms with Crippen LogP contribution in [0.3, 0.4) is 0 Å². The van der Waals surface area contributed by atoms with Crippen LogP contribution in [0.5, 0.6) is 0 Å². The summed E-state index contributed by atoms with van der Waals surface area (Å²) < 4.78 is 0. The molecule has 0 saturated heterocycles. The van der Waals surface area contributed by atoms with Crippen LogP contribution in [-0.4, -0.2) is 15.0 Å². The van der Waals surface area contributed by atoms with Gasteiger partial charge in [0.05, 0.1) is 11.4 Å². The Morgan fingerprint density at radius 1 is 1.05 bits per heavy atom. The lowest BCUT2D eigenvalue weighted by atomic mass is 9.98. The summed E-state index contributed by atoms with van der Waals surface area (Å²) in [5.41, 5.74) is 11.5. The summed E-state index contributed by atoms with van der Waals surface area (Å²) in [6, 6.07) is 11.9. The van der Waals surface area contributed by atoms with Crippen LogP contribution in [0.25, 0.3) is 28.5 Å². The number of hydrogen-bond acceptors (Lipinski definition) is 4. The standard InChI is InChI=1S/C18H16N4/c1-3-13-6-8-14(9-7-13)17-16(12(2)21-18(19)22-17)15-5-4-10-20-11-15/h3-11H,1H2,2H3,(H2,19,21,22). The summed E-state index contributed by atoms with van der Waals surface area (Å²) in [6.45, 7) is 5.71. The van der Waals surface area contributed by atoms with Crippen LogP contribution < -0.4 is 5.73 Å². The van der Waals surface area contributed by atoms with E-state index < -0.39 is 0 Å². The molecule has 0 aliphatic rings. The first-order valence-electron chi connectivity index (χ1n) is 6.96. The highest BCUT2D eigenvalue weighted by Crippen LogP contribution is 2.32. The molecule has 4 heteroatoms. The summed E-state index contributed by atoms with van der Waals surface area (Å²) in [7, 11) is 0. The van der Waals surface area contributed by atoms with Crippen molar-refractivity contribution in [3.8, 4) is 22.4 Å². The van der Waals surface area contributed by atoms with Crippen LogP contribution in [0.2, 0.25) is 0 Å². The maximum Gasteiger partial charge on any atom is 0.220 e. The Kier molecular flexibility index (Phi) is 3.66. The van der Waals surface area contributed by atoms with Gasteiger partial charge >= 0.3 is 0 Å². The smallest absolute Gasteiger partial charge is 0.220 e. The molecule has 0 spiro atoms. The highest BCUT2D eigenvalue weighted by Gasteiger charge is 2.14. The number of rotatable bonds is 3. The van der Waals surface area contributed by atoms with Crippen molar-refractivity contribution < 1.29 is 0 Å². The van der Waals surface area contributed by atoms with E-state index in [-0.39, 0.29) is 5.95 Å². The maximum absolute atomic E-state index is 5.85. The fourth-order valence-electron chi connectivity index (χ4n) is 2.44. The van der Waals surface area contributed by atoms with Crippen molar-refractivity contribution in [3.05, 3.63) is 66.6 Å². The summed E-state index contributed by atoms with van der Waals surface area (Å²) in [6.07, 6.45) is 5.37. The lowest BCUT2D eigenvalue weighted by Crippen LogP contribution is -2.02. The van der Waals surface area contributed by atoms with Gasteiger partial charge in [-0.05, 0) is 18.6 Å². The van der Waals surface area contributed by atoms with E-state index in [9.17, 15) is 0 Å². The number of benzene rings is 1. The van der Waals surface area contributed by atoms with Gasteiger partial charge in [-0.25, -0.2) is 9.97 Å². The van der Waals surface area contributed by atoms with Crippen LogP contribution in [0.4, 0.5) is 5.95 Å². The first-order chi connectivity index (χ1) is 10.7. The van der Waals surface area contributed by atoms with Gasteiger partial charge in [-0.3, -0.25) is 4.98 Å². The molecule has 3 rings (SSSR count). The summed E-state index contributed by atoms with van der Waals surface area (Å²) in [5.74, 6) is 0.271. The zero-order valence-electron chi connectivity index (χ0n) is 12.3. The average Bonchev–Trinajstić information content (AvgIpc) is 2.55. The van der Waals surface area contributed by atoms with Gasteiger partial charge < -0.3 is 5.73 Å². The van der Waals surface area contributed by atoms with Crippen molar-refractivity contribution in [3.63, 3.8) is 0 Å². The van der Waals surface area contributed by atoms with Crippen LogP contribution in [0.15, 0.2) is 55.4 Å². The number of nitrogens with two attached hydrogens (primary N) is 1. The van der Waals surface area contributed by atoms with Gasteiger partial charge in [-0.15, -0.1) is 0 Å². The first-order valence-corrected chi connectivity index (χ1v) is 6.96. The Bertz CT molecular complexity index is 808. The quantitative estimate of drug-likeness (QED) is 0.797. The molecule has 3 aromatic rings. The van der Waals surface area contributed by atoms with Crippen molar-refractivity contribution in [2.75, 3.05) is 5.73 Å². The minimum Gasteiger partial charge on any atom is -0.368 e. The van der Waals surface area contributed by atoms with Crippen LogP contribution in [0, 0.1) is 6.92 Å². The Morgan fingerprint density at radius 3 is 2.45 bits per heavy atom. The molecule has 0 bridgehead atoms. The normalized spacial score (nSPS) is 10.4. The molecule has 0 atom stereocenters. The van der Waals surface area contributed by atoms with E-state index in [0.717, 1.165) is 33.6 Å². The molecule has 0 aliphatic carbocycles.